The van der Waals surface area contributed by atoms with Crippen LogP contribution in [0.2, 0.25) is 0 Å². The van der Waals surface area contributed by atoms with E-state index in [0.29, 0.717) is 19.3 Å². The molecule has 24 heavy (non-hydrogen) atoms. The number of hydrogen-bond donors (Lipinski definition) is 4. The number of hydrogen-bond acceptors (Lipinski definition) is 4. The van der Waals surface area contributed by atoms with E-state index in [1.807, 2.05) is 6.08 Å². The number of aliphatic hydroxyl groups excluding tert-OH is 3. The number of rotatable bonds is 11. The van der Waals surface area contributed by atoms with E-state index < -0.39 is 24.3 Å². The first-order valence-corrected chi connectivity index (χ1v) is 9.38. The Kier molecular flexibility index (Phi) is 10.2. The molecule has 140 valence electrons. The lowest BCUT2D eigenvalue weighted by Gasteiger charge is -2.37. The van der Waals surface area contributed by atoms with Crippen molar-refractivity contribution in [1.29, 1.82) is 0 Å². The highest BCUT2D eigenvalue weighted by molar-refractivity contribution is 5.66. The largest absolute Gasteiger partial charge is 0.481 e. The van der Waals surface area contributed by atoms with E-state index in [0.717, 1.165) is 38.5 Å². The van der Waals surface area contributed by atoms with Crippen LogP contribution in [0.15, 0.2) is 12.2 Å². The summed E-state index contributed by atoms with van der Waals surface area (Å²) in [4.78, 5) is 10.6. The van der Waals surface area contributed by atoms with Gasteiger partial charge in [-0.15, -0.1) is 0 Å². The highest BCUT2D eigenvalue weighted by Crippen LogP contribution is 2.35. The Labute approximate surface area is 145 Å². The van der Waals surface area contributed by atoms with Crippen LogP contribution in [-0.2, 0) is 4.79 Å². The van der Waals surface area contributed by atoms with Crippen molar-refractivity contribution in [3.63, 3.8) is 0 Å². The van der Waals surface area contributed by atoms with Gasteiger partial charge in [0.15, 0.2) is 0 Å². The van der Waals surface area contributed by atoms with Crippen molar-refractivity contribution >= 4 is 5.97 Å². The Morgan fingerprint density at radius 2 is 1.92 bits per heavy atom. The van der Waals surface area contributed by atoms with Crippen LogP contribution in [0.5, 0.6) is 0 Å². The molecule has 5 atom stereocenters. The third kappa shape index (κ3) is 8.27. The van der Waals surface area contributed by atoms with Crippen molar-refractivity contribution in [3.05, 3.63) is 12.2 Å². The van der Waals surface area contributed by atoms with E-state index >= 15 is 0 Å². The molecule has 1 unspecified atom stereocenters. The third-order valence-corrected chi connectivity index (χ3v) is 4.96. The minimum absolute atomic E-state index is 0.0290. The summed E-state index contributed by atoms with van der Waals surface area (Å²) in [5.41, 5.74) is 0. The maximum atomic E-state index is 10.6. The number of aliphatic carboxylic acids is 1. The van der Waals surface area contributed by atoms with E-state index in [2.05, 4.69) is 6.92 Å². The first-order valence-electron chi connectivity index (χ1n) is 9.38. The number of carbonyl (C=O) groups is 1. The quantitative estimate of drug-likeness (QED) is 0.342. The van der Waals surface area contributed by atoms with Crippen LogP contribution in [0.4, 0.5) is 0 Å². The Bertz CT molecular complexity index is 382. The van der Waals surface area contributed by atoms with E-state index in [1.165, 1.54) is 0 Å². The lowest BCUT2D eigenvalue weighted by molar-refractivity contribution is -0.137. The Morgan fingerprint density at radius 1 is 1.17 bits per heavy atom. The lowest BCUT2D eigenvalue weighted by atomic mass is 9.73. The van der Waals surface area contributed by atoms with Gasteiger partial charge in [-0.25, -0.2) is 0 Å². The minimum Gasteiger partial charge on any atom is -0.481 e. The molecule has 1 fully saturated rings. The van der Waals surface area contributed by atoms with Crippen LogP contribution in [0.1, 0.15) is 71.1 Å². The predicted octanol–water partition coefficient (Wildman–Crippen LogP) is 2.88. The summed E-state index contributed by atoms with van der Waals surface area (Å²) in [5, 5.41) is 38.9. The minimum atomic E-state index is -0.790. The molecule has 0 spiro atoms. The second kappa shape index (κ2) is 11.6. The zero-order chi connectivity index (χ0) is 17.9. The number of unbranched alkanes of at least 4 members (excludes halogenated alkanes) is 3. The molecule has 0 aromatic rings. The fourth-order valence-electron chi connectivity index (χ4n) is 3.58. The topological polar surface area (TPSA) is 98.0 Å². The number of allylic oxidation sites excluding steroid dienone is 1. The van der Waals surface area contributed by atoms with E-state index in [1.54, 1.807) is 6.08 Å². The molecule has 0 aromatic heterocycles. The number of aliphatic hydroxyl groups is 3. The van der Waals surface area contributed by atoms with Gasteiger partial charge >= 0.3 is 5.97 Å². The first-order chi connectivity index (χ1) is 11.4. The second-order valence-corrected chi connectivity index (χ2v) is 7.11. The van der Waals surface area contributed by atoms with Gasteiger partial charge in [-0.3, -0.25) is 4.79 Å². The molecule has 4 N–H and O–H groups in total. The van der Waals surface area contributed by atoms with Gasteiger partial charge in [0.2, 0.25) is 0 Å². The molecule has 0 radical (unpaired) electrons. The molecule has 1 saturated carbocycles. The molecule has 0 heterocycles. The average Bonchev–Trinajstić information content (AvgIpc) is 2.51. The van der Waals surface area contributed by atoms with Gasteiger partial charge < -0.3 is 20.4 Å². The monoisotopic (exact) mass is 342 g/mol. The van der Waals surface area contributed by atoms with Crippen LogP contribution < -0.4 is 0 Å². The highest BCUT2D eigenvalue weighted by Gasteiger charge is 2.34. The van der Waals surface area contributed by atoms with Crippen molar-refractivity contribution in [2.75, 3.05) is 0 Å². The van der Waals surface area contributed by atoms with Crippen molar-refractivity contribution < 1.29 is 25.2 Å². The summed E-state index contributed by atoms with van der Waals surface area (Å²) >= 11 is 0. The Balaban J connectivity index is 2.52. The Morgan fingerprint density at radius 3 is 2.58 bits per heavy atom. The number of carboxylic acids is 1. The van der Waals surface area contributed by atoms with Gasteiger partial charge in [0.1, 0.15) is 0 Å². The van der Waals surface area contributed by atoms with Gasteiger partial charge in [0.05, 0.1) is 18.3 Å². The molecule has 0 bridgehead atoms. The molecular weight excluding hydrogens is 308 g/mol. The first kappa shape index (κ1) is 21.1. The molecule has 0 aliphatic heterocycles. The molecule has 1 rings (SSSR count). The van der Waals surface area contributed by atoms with Gasteiger partial charge in [-0.05, 0) is 43.9 Å². The van der Waals surface area contributed by atoms with Crippen LogP contribution in [0, 0.1) is 11.8 Å². The highest BCUT2D eigenvalue weighted by atomic mass is 16.4. The number of carboxylic acid groups (broad SMARTS) is 1. The summed E-state index contributed by atoms with van der Waals surface area (Å²) in [7, 11) is 0. The fraction of sp³-hybridized carbons (Fsp3) is 0.842. The third-order valence-electron chi connectivity index (χ3n) is 4.96. The molecule has 1 aliphatic rings. The summed E-state index contributed by atoms with van der Waals surface area (Å²) in [6.07, 6.45) is 9.42. The smallest absolute Gasteiger partial charge is 0.303 e. The van der Waals surface area contributed by atoms with E-state index in [-0.39, 0.29) is 18.3 Å². The van der Waals surface area contributed by atoms with Gasteiger partial charge in [-0.2, -0.15) is 0 Å². The lowest BCUT2D eigenvalue weighted by Crippen LogP contribution is -2.38. The van der Waals surface area contributed by atoms with Crippen molar-refractivity contribution in [3.8, 4) is 0 Å². The summed E-state index contributed by atoms with van der Waals surface area (Å²) < 4.78 is 0. The van der Waals surface area contributed by atoms with Gasteiger partial charge in [0.25, 0.3) is 0 Å². The van der Waals surface area contributed by atoms with Crippen LogP contribution in [0.3, 0.4) is 0 Å². The summed E-state index contributed by atoms with van der Waals surface area (Å²) in [6.45, 7) is 2.13. The summed E-state index contributed by atoms with van der Waals surface area (Å²) in [5.74, 6) is -0.725. The molecular formula is C19H34O5. The standard InChI is InChI=1S/C19H34O5/c1-2-3-4-7-15(20)11-10-14-12-16(21)13-18(22)17(14)8-5-6-9-19(23)24/h10-11,14-18,20-22H,2-9,12-13H2,1H3,(H,23,24)/b11-10+/t14-,15-,16?,17+,18-/m0/s1. The zero-order valence-electron chi connectivity index (χ0n) is 14.8. The SMILES string of the molecule is CCCCC[C@H](O)/C=C/[C@H]1CC(O)C[C@H](O)[C@@H]1CCCCC(=O)O. The molecule has 1 aliphatic carbocycles. The molecule has 5 nitrogen and oxygen atoms in total. The Hall–Kier alpha value is -0.910. The average molecular weight is 342 g/mol. The van der Waals surface area contributed by atoms with Crippen LogP contribution in [0.25, 0.3) is 0 Å². The fourth-order valence-corrected chi connectivity index (χ4v) is 3.58. The van der Waals surface area contributed by atoms with E-state index in [9.17, 15) is 20.1 Å². The van der Waals surface area contributed by atoms with Crippen molar-refractivity contribution in [2.24, 2.45) is 11.8 Å². The van der Waals surface area contributed by atoms with Crippen molar-refractivity contribution in [1.82, 2.24) is 0 Å². The normalized spacial score (nSPS) is 29.0. The summed E-state index contributed by atoms with van der Waals surface area (Å²) in [6, 6.07) is 0. The second-order valence-electron chi connectivity index (χ2n) is 7.11. The van der Waals surface area contributed by atoms with E-state index in [4.69, 9.17) is 5.11 Å². The molecule has 5 heteroatoms. The predicted molar refractivity (Wildman–Crippen MR) is 93.6 cm³/mol. The molecule has 0 saturated heterocycles. The van der Waals surface area contributed by atoms with Crippen LogP contribution >= 0.6 is 0 Å². The molecule has 0 aromatic carbocycles. The van der Waals surface area contributed by atoms with Gasteiger partial charge in [-0.1, -0.05) is 44.8 Å². The maximum absolute atomic E-state index is 10.6. The maximum Gasteiger partial charge on any atom is 0.303 e. The van der Waals surface area contributed by atoms with Crippen molar-refractivity contribution in [2.45, 2.75) is 89.4 Å². The van der Waals surface area contributed by atoms with Gasteiger partial charge in [0, 0.05) is 6.42 Å². The zero-order valence-corrected chi connectivity index (χ0v) is 14.8. The molecule has 0 amide bonds. The van der Waals surface area contributed by atoms with Crippen LogP contribution in [-0.4, -0.2) is 44.7 Å².